The molecule has 0 aliphatic heterocycles. The molecule has 160 valence electrons. The Kier molecular flexibility index (Phi) is 9.69. The summed E-state index contributed by atoms with van der Waals surface area (Å²) in [5, 5.41) is 0. The Morgan fingerprint density at radius 3 is 1.75 bits per heavy atom. The molecule has 3 rings (SSSR count). The third kappa shape index (κ3) is 7.07. The zero-order valence-electron chi connectivity index (χ0n) is 18.9. The van der Waals surface area contributed by atoms with E-state index in [0.717, 1.165) is 35.5 Å². The summed E-state index contributed by atoms with van der Waals surface area (Å²) in [6.45, 7) is 6.31. The summed E-state index contributed by atoms with van der Waals surface area (Å²) >= 11 is 0. The summed E-state index contributed by atoms with van der Waals surface area (Å²) < 4.78 is 0. The molecule has 0 atom stereocenters. The van der Waals surface area contributed by atoms with E-state index in [4.69, 9.17) is 0 Å². The van der Waals surface area contributed by atoms with Gasteiger partial charge in [0, 0.05) is 0 Å². The van der Waals surface area contributed by atoms with Gasteiger partial charge >= 0.3 is 0 Å². The summed E-state index contributed by atoms with van der Waals surface area (Å²) in [6.07, 6.45) is 32.3. The molecule has 0 heteroatoms. The van der Waals surface area contributed by atoms with Crippen molar-refractivity contribution in [1.82, 2.24) is 0 Å². The highest BCUT2D eigenvalue weighted by molar-refractivity contribution is 4.94. The summed E-state index contributed by atoms with van der Waals surface area (Å²) in [6, 6.07) is 0. The van der Waals surface area contributed by atoms with Crippen LogP contribution in [0.5, 0.6) is 0 Å². The van der Waals surface area contributed by atoms with Crippen LogP contribution in [0.3, 0.4) is 0 Å². The van der Waals surface area contributed by atoms with E-state index >= 15 is 0 Å². The van der Waals surface area contributed by atoms with Crippen molar-refractivity contribution in [2.45, 2.75) is 116 Å². The second-order valence-electron chi connectivity index (χ2n) is 10.6. The van der Waals surface area contributed by atoms with E-state index in [-0.39, 0.29) is 0 Å². The van der Waals surface area contributed by atoms with Crippen molar-refractivity contribution in [3.63, 3.8) is 0 Å². The number of hydrogen-bond donors (Lipinski definition) is 0. The molecule has 28 heavy (non-hydrogen) atoms. The summed E-state index contributed by atoms with van der Waals surface area (Å²) in [5.74, 6) is 5.93. The van der Waals surface area contributed by atoms with Crippen molar-refractivity contribution in [1.29, 1.82) is 0 Å². The lowest BCUT2D eigenvalue weighted by atomic mass is 9.68. The van der Waals surface area contributed by atoms with Gasteiger partial charge in [-0.25, -0.2) is 0 Å². The molecular weight excluding hydrogens is 336 g/mol. The Balaban J connectivity index is 1.26. The van der Waals surface area contributed by atoms with Crippen LogP contribution in [0, 0.1) is 35.5 Å². The first-order chi connectivity index (χ1) is 13.8. The predicted molar refractivity (Wildman–Crippen MR) is 124 cm³/mol. The second-order valence-corrected chi connectivity index (χ2v) is 10.6. The lowest BCUT2D eigenvalue weighted by molar-refractivity contribution is 0.141. The highest BCUT2D eigenvalue weighted by Gasteiger charge is 2.30. The number of allylic oxidation sites excluding steroid dienone is 3. The van der Waals surface area contributed by atoms with Gasteiger partial charge in [0.2, 0.25) is 0 Å². The molecule has 0 spiro atoms. The maximum atomic E-state index is 3.97. The van der Waals surface area contributed by atoms with Crippen LogP contribution >= 0.6 is 0 Å². The fourth-order valence-electron chi connectivity index (χ4n) is 6.58. The van der Waals surface area contributed by atoms with Gasteiger partial charge in [-0.3, -0.25) is 0 Å². The highest BCUT2D eigenvalue weighted by Crippen LogP contribution is 2.43. The van der Waals surface area contributed by atoms with Crippen LogP contribution in [-0.2, 0) is 0 Å². The maximum absolute atomic E-state index is 3.97. The zero-order valence-corrected chi connectivity index (χ0v) is 18.9. The fraction of sp³-hybridized carbons (Fsp3) is 0.857. The largest absolute Gasteiger partial charge is 0.103 e. The van der Waals surface area contributed by atoms with Crippen LogP contribution in [-0.4, -0.2) is 0 Å². The molecule has 3 aliphatic carbocycles. The lowest BCUT2D eigenvalue weighted by Crippen LogP contribution is -2.25. The lowest BCUT2D eigenvalue weighted by Gasteiger charge is -2.38. The number of unbranched alkanes of at least 4 members (excludes halogenated alkanes) is 1. The first kappa shape index (κ1) is 22.2. The van der Waals surface area contributed by atoms with Crippen molar-refractivity contribution >= 4 is 0 Å². The molecule has 3 saturated carbocycles. The Hall–Kier alpha value is -0.520. The summed E-state index contributed by atoms with van der Waals surface area (Å²) in [5.41, 5.74) is 0. The molecule has 0 aromatic heterocycles. The van der Waals surface area contributed by atoms with Crippen LogP contribution < -0.4 is 0 Å². The third-order valence-corrected chi connectivity index (χ3v) is 8.72. The van der Waals surface area contributed by atoms with Gasteiger partial charge in [-0.15, -0.1) is 6.58 Å². The number of hydrogen-bond acceptors (Lipinski definition) is 0. The Labute approximate surface area is 176 Å². The highest BCUT2D eigenvalue weighted by atomic mass is 14.4. The quantitative estimate of drug-likeness (QED) is 0.348. The molecule has 0 radical (unpaired) electrons. The van der Waals surface area contributed by atoms with Crippen LogP contribution in [0.4, 0.5) is 0 Å². The Morgan fingerprint density at radius 2 is 1.21 bits per heavy atom. The van der Waals surface area contributed by atoms with Crippen LogP contribution in [0.25, 0.3) is 0 Å². The van der Waals surface area contributed by atoms with Crippen molar-refractivity contribution in [3.05, 3.63) is 24.8 Å². The van der Waals surface area contributed by atoms with Gasteiger partial charge in [0.15, 0.2) is 0 Å². The van der Waals surface area contributed by atoms with Gasteiger partial charge < -0.3 is 0 Å². The molecule has 0 unspecified atom stereocenters. The number of rotatable bonds is 9. The van der Waals surface area contributed by atoms with Crippen molar-refractivity contribution in [2.75, 3.05) is 0 Å². The van der Waals surface area contributed by atoms with Gasteiger partial charge in [-0.05, 0) is 99.7 Å². The molecule has 0 aromatic rings. The fourth-order valence-corrected chi connectivity index (χ4v) is 6.58. The Bertz CT molecular complexity index is 437. The van der Waals surface area contributed by atoms with Gasteiger partial charge in [0.05, 0.1) is 0 Å². The van der Waals surface area contributed by atoms with Crippen LogP contribution in [0.2, 0.25) is 0 Å². The Morgan fingerprint density at radius 1 is 0.679 bits per heavy atom. The molecular formula is C28H48. The minimum Gasteiger partial charge on any atom is -0.103 e. The SMILES string of the molecule is C=CC1CCC(C=CCCC2CCC(C3CCC(CCCC)CC3)CC2)CC1. The average Bonchev–Trinajstić information content (AvgIpc) is 2.76. The van der Waals surface area contributed by atoms with Gasteiger partial charge in [0.25, 0.3) is 0 Å². The summed E-state index contributed by atoms with van der Waals surface area (Å²) in [4.78, 5) is 0. The summed E-state index contributed by atoms with van der Waals surface area (Å²) in [7, 11) is 0. The topological polar surface area (TPSA) is 0 Å². The second kappa shape index (κ2) is 12.2. The molecule has 0 bridgehead atoms. The van der Waals surface area contributed by atoms with Gasteiger partial charge in [0.1, 0.15) is 0 Å². The van der Waals surface area contributed by atoms with Crippen molar-refractivity contribution in [2.24, 2.45) is 35.5 Å². The van der Waals surface area contributed by atoms with Crippen molar-refractivity contribution in [3.8, 4) is 0 Å². The molecule has 0 aromatic carbocycles. The first-order valence-corrected chi connectivity index (χ1v) is 13.1. The van der Waals surface area contributed by atoms with Gasteiger partial charge in [-0.1, -0.05) is 70.1 Å². The van der Waals surface area contributed by atoms with Crippen LogP contribution in [0.1, 0.15) is 116 Å². The normalized spacial score (nSPS) is 37.2. The minimum absolute atomic E-state index is 0.797. The molecule has 3 fully saturated rings. The predicted octanol–water partition coefficient (Wildman–Crippen LogP) is 9.12. The van der Waals surface area contributed by atoms with E-state index in [9.17, 15) is 0 Å². The third-order valence-electron chi connectivity index (χ3n) is 8.72. The van der Waals surface area contributed by atoms with E-state index in [0.29, 0.717) is 0 Å². The minimum atomic E-state index is 0.797. The molecule has 0 heterocycles. The van der Waals surface area contributed by atoms with Crippen molar-refractivity contribution < 1.29 is 0 Å². The van der Waals surface area contributed by atoms with Crippen LogP contribution in [0.15, 0.2) is 24.8 Å². The maximum Gasteiger partial charge on any atom is -0.0233 e. The van der Waals surface area contributed by atoms with E-state index in [1.807, 2.05) is 0 Å². The molecule has 0 saturated heterocycles. The molecule has 0 amide bonds. The zero-order chi connectivity index (χ0) is 19.6. The molecule has 0 nitrogen and oxygen atoms in total. The van der Waals surface area contributed by atoms with Gasteiger partial charge in [-0.2, -0.15) is 0 Å². The van der Waals surface area contributed by atoms with E-state index in [2.05, 4.69) is 31.7 Å². The van der Waals surface area contributed by atoms with E-state index < -0.39 is 0 Å². The van der Waals surface area contributed by atoms with E-state index in [1.165, 1.54) is 70.6 Å². The van der Waals surface area contributed by atoms with E-state index in [1.54, 1.807) is 38.5 Å². The monoisotopic (exact) mass is 384 g/mol. The standard InChI is InChI=1S/C28H48/c1-3-5-8-24-15-19-27(20-16-24)28-21-17-26(18-22-28)10-7-6-9-25-13-11-23(4-2)12-14-25/h4,6,9,23-28H,2-3,5,7-8,10-22H2,1H3. The molecule has 3 aliphatic rings. The smallest absolute Gasteiger partial charge is 0.0233 e. The molecule has 0 N–H and O–H groups in total. The first-order valence-electron chi connectivity index (χ1n) is 13.1. The average molecular weight is 385 g/mol.